The molecule has 1 amide bonds. The van der Waals surface area contributed by atoms with Crippen LogP contribution in [0.1, 0.15) is 23.2 Å². The first kappa shape index (κ1) is 14.2. The van der Waals surface area contributed by atoms with Crippen LogP contribution in [0.25, 0.3) is 0 Å². The fraction of sp³-hybridized carbons (Fsp3) is 0.333. The Morgan fingerprint density at radius 2 is 2.09 bits per heavy atom. The molecule has 1 saturated heterocycles. The molecule has 1 aliphatic heterocycles. The molecule has 0 radical (unpaired) electrons. The Labute approximate surface area is 126 Å². The highest BCUT2D eigenvalue weighted by molar-refractivity contribution is 5.93. The van der Waals surface area contributed by atoms with Gasteiger partial charge in [0.15, 0.2) is 0 Å². The van der Waals surface area contributed by atoms with Gasteiger partial charge in [-0.15, -0.1) is 5.10 Å². The first-order valence-corrected chi connectivity index (χ1v) is 7.15. The fourth-order valence-electron chi connectivity index (χ4n) is 2.42. The minimum Gasteiger partial charge on any atom is -0.473 e. The van der Waals surface area contributed by atoms with Crippen LogP contribution >= 0.6 is 0 Å². The zero-order valence-corrected chi connectivity index (χ0v) is 11.9. The molecule has 0 unspecified atom stereocenters. The molecule has 0 aromatic carbocycles. The van der Waals surface area contributed by atoms with Gasteiger partial charge in [0.25, 0.3) is 5.91 Å². The number of pyridine rings is 1. The van der Waals surface area contributed by atoms with Crippen LogP contribution in [0.4, 0.5) is 0 Å². The molecule has 2 aromatic rings. The van der Waals surface area contributed by atoms with Crippen LogP contribution in [0.2, 0.25) is 0 Å². The summed E-state index contributed by atoms with van der Waals surface area (Å²) in [6.45, 7) is 1.23. The van der Waals surface area contributed by atoms with Crippen molar-refractivity contribution < 1.29 is 9.53 Å². The summed E-state index contributed by atoms with van der Waals surface area (Å²) >= 11 is 0. The molecule has 7 nitrogen and oxygen atoms in total. The Morgan fingerprint density at radius 3 is 2.73 bits per heavy atom. The Morgan fingerprint density at radius 1 is 1.27 bits per heavy atom. The molecule has 3 heterocycles. The smallest absolute Gasteiger partial charge is 0.255 e. The second-order valence-electron chi connectivity index (χ2n) is 5.11. The highest BCUT2D eigenvalue weighted by Gasteiger charge is 2.25. The second-order valence-corrected chi connectivity index (χ2v) is 5.11. The number of aromatic amines is 1. The maximum atomic E-state index is 12.3. The van der Waals surface area contributed by atoms with Gasteiger partial charge in [-0.3, -0.25) is 9.59 Å². The van der Waals surface area contributed by atoms with Gasteiger partial charge >= 0.3 is 0 Å². The summed E-state index contributed by atoms with van der Waals surface area (Å²) in [5.74, 6) is 0.433. The lowest BCUT2D eigenvalue weighted by molar-refractivity contribution is 0.0585. The van der Waals surface area contributed by atoms with Gasteiger partial charge in [-0.25, -0.2) is 0 Å². The molecule has 0 saturated carbocycles. The third kappa shape index (κ3) is 3.30. The number of likely N-dealkylation sites (tertiary alicyclic amines) is 1. The van der Waals surface area contributed by atoms with E-state index in [-0.39, 0.29) is 17.6 Å². The number of nitrogens with zero attached hydrogens (tertiary/aromatic N) is 3. The van der Waals surface area contributed by atoms with Crippen molar-refractivity contribution >= 4 is 5.91 Å². The van der Waals surface area contributed by atoms with Crippen LogP contribution in [0.5, 0.6) is 5.88 Å². The van der Waals surface area contributed by atoms with Gasteiger partial charge in [0.1, 0.15) is 6.10 Å². The van der Waals surface area contributed by atoms with Gasteiger partial charge in [0.2, 0.25) is 11.4 Å². The molecular weight excluding hydrogens is 284 g/mol. The minimum absolute atomic E-state index is 0.0383. The Balaban J connectivity index is 1.56. The summed E-state index contributed by atoms with van der Waals surface area (Å²) in [6.07, 6.45) is 4.57. The van der Waals surface area contributed by atoms with Crippen molar-refractivity contribution in [2.24, 2.45) is 0 Å². The predicted octanol–water partition coefficient (Wildman–Crippen LogP) is 0.848. The maximum absolute atomic E-state index is 12.3. The number of ether oxygens (including phenoxy) is 1. The minimum atomic E-state index is -0.215. The molecule has 0 bridgehead atoms. The number of rotatable bonds is 3. The van der Waals surface area contributed by atoms with E-state index < -0.39 is 0 Å². The summed E-state index contributed by atoms with van der Waals surface area (Å²) < 4.78 is 5.75. The maximum Gasteiger partial charge on any atom is 0.255 e. The number of amides is 1. The van der Waals surface area contributed by atoms with Crippen molar-refractivity contribution in [2.75, 3.05) is 13.1 Å². The normalized spacial score (nSPS) is 15.5. The second kappa shape index (κ2) is 6.38. The van der Waals surface area contributed by atoms with Crippen molar-refractivity contribution in [3.05, 3.63) is 52.6 Å². The highest BCUT2D eigenvalue weighted by Crippen LogP contribution is 2.17. The molecule has 1 fully saturated rings. The van der Waals surface area contributed by atoms with E-state index in [0.717, 1.165) is 12.8 Å². The Kier molecular flexibility index (Phi) is 4.13. The quantitative estimate of drug-likeness (QED) is 0.908. The average Bonchev–Trinajstić information content (AvgIpc) is 2.57. The van der Waals surface area contributed by atoms with E-state index in [9.17, 15) is 9.59 Å². The number of hydrogen-bond acceptors (Lipinski definition) is 5. The van der Waals surface area contributed by atoms with Gasteiger partial charge < -0.3 is 14.6 Å². The number of carbonyl (C=O) groups excluding carboxylic acids is 1. The summed E-state index contributed by atoms with van der Waals surface area (Å²) in [5, 5.41) is 7.67. The van der Waals surface area contributed by atoms with Crippen LogP contribution in [0.15, 0.2) is 41.5 Å². The van der Waals surface area contributed by atoms with Gasteiger partial charge in [0.05, 0.1) is 5.56 Å². The molecule has 3 rings (SSSR count). The molecule has 0 aliphatic carbocycles. The number of aromatic nitrogens is 3. The van der Waals surface area contributed by atoms with Crippen molar-refractivity contribution in [3.63, 3.8) is 0 Å². The average molecular weight is 300 g/mol. The van der Waals surface area contributed by atoms with E-state index in [0.29, 0.717) is 24.5 Å². The van der Waals surface area contributed by atoms with E-state index in [4.69, 9.17) is 4.74 Å². The van der Waals surface area contributed by atoms with Crippen LogP contribution in [0.3, 0.4) is 0 Å². The molecule has 0 atom stereocenters. The summed E-state index contributed by atoms with van der Waals surface area (Å²) in [4.78, 5) is 27.6. The fourth-order valence-corrected chi connectivity index (χ4v) is 2.42. The van der Waals surface area contributed by atoms with E-state index in [2.05, 4.69) is 15.2 Å². The molecule has 114 valence electrons. The van der Waals surface area contributed by atoms with Crippen LogP contribution in [0, 0.1) is 0 Å². The zero-order chi connectivity index (χ0) is 15.4. The predicted molar refractivity (Wildman–Crippen MR) is 78.6 cm³/mol. The molecule has 0 spiro atoms. The number of hydrogen-bond donors (Lipinski definition) is 1. The molecule has 22 heavy (non-hydrogen) atoms. The van der Waals surface area contributed by atoms with Crippen LogP contribution in [-0.2, 0) is 0 Å². The summed E-state index contributed by atoms with van der Waals surface area (Å²) in [6, 6.07) is 6.45. The van der Waals surface area contributed by atoms with Gasteiger partial charge in [-0.2, -0.15) is 5.10 Å². The van der Waals surface area contributed by atoms with Gasteiger partial charge in [0, 0.05) is 50.5 Å². The van der Waals surface area contributed by atoms with Crippen molar-refractivity contribution in [3.8, 4) is 5.88 Å². The van der Waals surface area contributed by atoms with E-state index >= 15 is 0 Å². The third-order valence-electron chi connectivity index (χ3n) is 3.60. The summed E-state index contributed by atoms with van der Waals surface area (Å²) in [7, 11) is 0. The first-order valence-electron chi connectivity index (χ1n) is 7.15. The SMILES string of the molecule is O=C(c1ccc(=O)[nH]c1)N1CCC(Oc2cccnn2)CC1. The van der Waals surface area contributed by atoms with E-state index in [1.165, 1.54) is 12.3 Å². The number of carbonyl (C=O) groups is 1. The topological polar surface area (TPSA) is 88.2 Å². The lowest BCUT2D eigenvalue weighted by Gasteiger charge is -2.31. The number of H-pyrrole nitrogens is 1. The lowest BCUT2D eigenvalue weighted by atomic mass is 10.1. The van der Waals surface area contributed by atoms with Crippen molar-refractivity contribution in [1.82, 2.24) is 20.1 Å². The molecule has 7 heteroatoms. The third-order valence-corrected chi connectivity index (χ3v) is 3.60. The van der Waals surface area contributed by atoms with Gasteiger partial charge in [-0.1, -0.05) is 0 Å². The van der Waals surface area contributed by atoms with Crippen LogP contribution < -0.4 is 10.3 Å². The molecular formula is C15H16N4O3. The molecule has 1 N–H and O–H groups in total. The number of nitrogens with one attached hydrogen (secondary N) is 1. The molecule has 2 aromatic heterocycles. The zero-order valence-electron chi connectivity index (χ0n) is 11.9. The van der Waals surface area contributed by atoms with E-state index in [1.807, 2.05) is 0 Å². The standard InChI is InChI=1S/C15H16N4O3/c20-13-4-3-11(10-16-13)15(21)19-8-5-12(6-9-19)22-14-2-1-7-17-18-14/h1-4,7,10,12H,5-6,8-9H2,(H,16,20). The Hall–Kier alpha value is -2.70. The van der Waals surface area contributed by atoms with Crippen molar-refractivity contribution in [2.45, 2.75) is 18.9 Å². The van der Waals surface area contributed by atoms with E-state index in [1.54, 1.807) is 29.3 Å². The van der Waals surface area contributed by atoms with Gasteiger partial charge in [-0.05, 0) is 12.1 Å². The number of piperidine rings is 1. The van der Waals surface area contributed by atoms with Crippen molar-refractivity contribution in [1.29, 1.82) is 0 Å². The summed E-state index contributed by atoms with van der Waals surface area (Å²) in [5.41, 5.74) is 0.278. The van der Waals surface area contributed by atoms with Crippen LogP contribution in [-0.4, -0.2) is 45.2 Å². The Bertz CT molecular complexity index is 673. The lowest BCUT2D eigenvalue weighted by Crippen LogP contribution is -2.42. The molecule has 1 aliphatic rings. The largest absolute Gasteiger partial charge is 0.473 e. The first-order chi connectivity index (χ1) is 10.7. The monoisotopic (exact) mass is 300 g/mol. The highest BCUT2D eigenvalue weighted by atomic mass is 16.5.